The molecule has 0 fully saturated rings. The molecule has 18 heavy (non-hydrogen) atoms. The van der Waals surface area contributed by atoms with Crippen molar-refractivity contribution in [3.05, 3.63) is 30.2 Å². The molecule has 2 rings (SSSR count). The van der Waals surface area contributed by atoms with Crippen LogP contribution < -0.4 is 5.32 Å². The van der Waals surface area contributed by atoms with Gasteiger partial charge in [-0.15, -0.1) is 0 Å². The number of hydrogen-bond donors (Lipinski definition) is 1. The molecule has 0 aliphatic carbocycles. The molecule has 0 aliphatic rings. The Balaban J connectivity index is 2.11. The van der Waals surface area contributed by atoms with E-state index in [0.717, 1.165) is 5.69 Å². The van der Waals surface area contributed by atoms with Gasteiger partial charge >= 0.3 is 0 Å². The largest absolute Gasteiger partial charge is 0.463 e. The summed E-state index contributed by atoms with van der Waals surface area (Å²) in [5, 5.41) is 6.86. The van der Waals surface area contributed by atoms with Crippen molar-refractivity contribution in [3.63, 3.8) is 0 Å². The van der Waals surface area contributed by atoms with E-state index in [1.807, 2.05) is 6.07 Å². The molecule has 0 unspecified atom stereocenters. The first-order valence-electron chi connectivity index (χ1n) is 5.57. The van der Waals surface area contributed by atoms with Crippen molar-refractivity contribution in [3.8, 4) is 11.5 Å². The lowest BCUT2D eigenvalue weighted by molar-refractivity contribution is 0.0931. The summed E-state index contributed by atoms with van der Waals surface area (Å²) in [7, 11) is 3.35. The monoisotopic (exact) mass is 249 g/mol. The van der Waals surface area contributed by atoms with Crippen LogP contribution in [-0.2, 0) is 11.8 Å². The summed E-state index contributed by atoms with van der Waals surface area (Å²) in [6.07, 6.45) is 1.58. The number of aryl methyl sites for hydroxylation is 1. The van der Waals surface area contributed by atoms with Gasteiger partial charge in [-0.1, -0.05) is 0 Å². The average molecular weight is 249 g/mol. The van der Waals surface area contributed by atoms with Crippen LogP contribution in [0.1, 0.15) is 10.5 Å². The fourth-order valence-electron chi connectivity index (χ4n) is 1.59. The Morgan fingerprint density at radius 3 is 3.11 bits per heavy atom. The Hall–Kier alpha value is -2.08. The first-order chi connectivity index (χ1) is 8.72. The summed E-state index contributed by atoms with van der Waals surface area (Å²) in [6, 6.07) is 5.31. The highest BCUT2D eigenvalue weighted by molar-refractivity contribution is 5.93. The van der Waals surface area contributed by atoms with Gasteiger partial charge < -0.3 is 14.5 Å². The molecular formula is C12H15N3O3. The van der Waals surface area contributed by atoms with Gasteiger partial charge in [-0.2, -0.15) is 5.10 Å². The van der Waals surface area contributed by atoms with Crippen LogP contribution in [0.2, 0.25) is 0 Å². The summed E-state index contributed by atoms with van der Waals surface area (Å²) in [4.78, 5) is 11.8. The van der Waals surface area contributed by atoms with Gasteiger partial charge in [-0.05, 0) is 12.1 Å². The molecule has 2 aromatic heterocycles. The highest BCUT2D eigenvalue weighted by Gasteiger charge is 2.14. The van der Waals surface area contributed by atoms with E-state index >= 15 is 0 Å². The van der Waals surface area contributed by atoms with Gasteiger partial charge in [0, 0.05) is 26.8 Å². The topological polar surface area (TPSA) is 69.3 Å². The minimum Gasteiger partial charge on any atom is -0.463 e. The lowest BCUT2D eigenvalue weighted by Crippen LogP contribution is -2.27. The van der Waals surface area contributed by atoms with E-state index in [0.29, 0.717) is 24.6 Å². The Labute approximate surface area is 105 Å². The van der Waals surface area contributed by atoms with E-state index < -0.39 is 0 Å². The Bertz CT molecular complexity index is 517. The lowest BCUT2D eigenvalue weighted by Gasteiger charge is -2.00. The molecule has 0 aromatic carbocycles. The molecule has 0 bridgehead atoms. The molecule has 2 heterocycles. The van der Waals surface area contributed by atoms with Gasteiger partial charge in [-0.3, -0.25) is 9.48 Å². The molecule has 0 atom stereocenters. The smallest absolute Gasteiger partial charge is 0.271 e. The van der Waals surface area contributed by atoms with Crippen LogP contribution in [0.3, 0.4) is 0 Å². The van der Waals surface area contributed by atoms with Gasteiger partial charge in [0.2, 0.25) is 0 Å². The minimum absolute atomic E-state index is 0.222. The lowest BCUT2D eigenvalue weighted by atomic mass is 10.3. The highest BCUT2D eigenvalue weighted by Crippen LogP contribution is 2.19. The molecule has 2 aromatic rings. The summed E-state index contributed by atoms with van der Waals surface area (Å²) in [5.41, 5.74) is 1.12. The molecule has 0 spiro atoms. The molecule has 96 valence electrons. The van der Waals surface area contributed by atoms with Crippen molar-refractivity contribution in [2.75, 3.05) is 20.3 Å². The van der Waals surface area contributed by atoms with Crippen LogP contribution in [0.5, 0.6) is 0 Å². The molecule has 1 N–H and O–H groups in total. The minimum atomic E-state index is -0.222. The van der Waals surface area contributed by atoms with Crippen LogP contribution in [0.25, 0.3) is 11.5 Å². The van der Waals surface area contributed by atoms with E-state index in [2.05, 4.69) is 10.4 Å². The second kappa shape index (κ2) is 5.50. The van der Waals surface area contributed by atoms with Crippen LogP contribution in [-0.4, -0.2) is 35.9 Å². The number of aromatic nitrogens is 2. The van der Waals surface area contributed by atoms with Crippen molar-refractivity contribution < 1.29 is 13.9 Å². The maximum Gasteiger partial charge on any atom is 0.271 e. The van der Waals surface area contributed by atoms with Crippen molar-refractivity contribution in [2.24, 2.45) is 7.05 Å². The van der Waals surface area contributed by atoms with Gasteiger partial charge in [0.15, 0.2) is 11.5 Å². The summed E-state index contributed by atoms with van der Waals surface area (Å²) >= 11 is 0. The summed E-state index contributed by atoms with van der Waals surface area (Å²) in [5.74, 6) is 0.460. The van der Waals surface area contributed by atoms with Gasteiger partial charge in [0.25, 0.3) is 5.91 Å². The second-order valence-corrected chi connectivity index (χ2v) is 3.76. The van der Waals surface area contributed by atoms with E-state index in [1.165, 1.54) is 0 Å². The third kappa shape index (κ3) is 2.60. The fraction of sp³-hybridized carbons (Fsp3) is 0.333. The Morgan fingerprint density at radius 1 is 1.61 bits per heavy atom. The SMILES string of the molecule is COCCNC(=O)c1cc(-c2ccco2)n(C)n1. The highest BCUT2D eigenvalue weighted by atomic mass is 16.5. The van der Waals surface area contributed by atoms with Gasteiger partial charge in [0.05, 0.1) is 12.9 Å². The molecule has 6 heteroatoms. The third-order valence-corrected chi connectivity index (χ3v) is 2.48. The zero-order valence-corrected chi connectivity index (χ0v) is 10.3. The van der Waals surface area contributed by atoms with Crippen molar-refractivity contribution in [1.82, 2.24) is 15.1 Å². The van der Waals surface area contributed by atoms with Crippen LogP contribution >= 0.6 is 0 Å². The fourth-order valence-corrected chi connectivity index (χ4v) is 1.59. The second-order valence-electron chi connectivity index (χ2n) is 3.76. The van der Waals surface area contributed by atoms with Crippen LogP contribution in [0.15, 0.2) is 28.9 Å². The number of ether oxygens (including phenoxy) is 1. The van der Waals surface area contributed by atoms with E-state index in [-0.39, 0.29) is 5.91 Å². The normalized spacial score (nSPS) is 10.6. The van der Waals surface area contributed by atoms with E-state index in [9.17, 15) is 4.79 Å². The number of amides is 1. The van der Waals surface area contributed by atoms with Crippen molar-refractivity contribution in [1.29, 1.82) is 0 Å². The van der Waals surface area contributed by atoms with E-state index in [1.54, 1.807) is 37.2 Å². The molecule has 0 saturated carbocycles. The average Bonchev–Trinajstić information content (AvgIpc) is 2.97. The summed E-state index contributed by atoms with van der Waals surface area (Å²) in [6.45, 7) is 0.936. The van der Waals surface area contributed by atoms with E-state index in [4.69, 9.17) is 9.15 Å². The van der Waals surface area contributed by atoms with Crippen molar-refractivity contribution in [2.45, 2.75) is 0 Å². The first-order valence-corrected chi connectivity index (χ1v) is 5.57. The number of nitrogens with zero attached hydrogens (tertiary/aromatic N) is 2. The Kier molecular flexibility index (Phi) is 3.78. The van der Waals surface area contributed by atoms with Crippen molar-refractivity contribution >= 4 is 5.91 Å². The Morgan fingerprint density at radius 2 is 2.44 bits per heavy atom. The molecule has 0 saturated heterocycles. The maximum atomic E-state index is 11.8. The predicted molar refractivity (Wildman–Crippen MR) is 65.1 cm³/mol. The first kappa shape index (κ1) is 12.4. The summed E-state index contributed by atoms with van der Waals surface area (Å²) < 4.78 is 11.8. The number of rotatable bonds is 5. The molecule has 0 radical (unpaired) electrons. The molecular weight excluding hydrogens is 234 g/mol. The quantitative estimate of drug-likeness (QED) is 0.804. The molecule has 6 nitrogen and oxygen atoms in total. The van der Waals surface area contributed by atoms with Gasteiger partial charge in [0.1, 0.15) is 5.69 Å². The zero-order valence-electron chi connectivity index (χ0n) is 10.3. The zero-order chi connectivity index (χ0) is 13.0. The van der Waals surface area contributed by atoms with Crippen LogP contribution in [0.4, 0.5) is 0 Å². The number of carbonyl (C=O) groups excluding carboxylic acids is 1. The van der Waals surface area contributed by atoms with Gasteiger partial charge in [-0.25, -0.2) is 0 Å². The maximum absolute atomic E-state index is 11.8. The van der Waals surface area contributed by atoms with Crippen LogP contribution in [0, 0.1) is 0 Å². The number of hydrogen-bond acceptors (Lipinski definition) is 4. The standard InChI is InChI=1S/C12H15N3O3/c1-15-10(11-4-3-6-18-11)8-9(14-15)12(16)13-5-7-17-2/h3-4,6,8H,5,7H2,1-2H3,(H,13,16). The number of furan rings is 1. The predicted octanol–water partition coefficient (Wildman–Crippen LogP) is 1.06. The third-order valence-electron chi connectivity index (χ3n) is 2.48. The number of carbonyl (C=O) groups is 1. The number of nitrogens with one attached hydrogen (secondary N) is 1. The molecule has 0 aliphatic heterocycles. The molecule has 1 amide bonds. The number of methoxy groups -OCH3 is 1.